The van der Waals surface area contributed by atoms with Crippen molar-refractivity contribution in [3.8, 4) is 5.75 Å². The minimum atomic E-state index is -0.587. The first kappa shape index (κ1) is 37.3. The van der Waals surface area contributed by atoms with Crippen LogP contribution < -0.4 is 14.5 Å². The van der Waals surface area contributed by atoms with Gasteiger partial charge >= 0.3 is 6.09 Å². The molecule has 2 aliphatic rings. The van der Waals surface area contributed by atoms with Crippen LogP contribution in [-0.2, 0) is 16.0 Å². The summed E-state index contributed by atoms with van der Waals surface area (Å²) in [6.45, 7) is 17.1. The molecule has 0 bridgehead atoms. The van der Waals surface area contributed by atoms with Gasteiger partial charge in [0.2, 0.25) is 5.91 Å². The maximum absolute atomic E-state index is 13.3. The van der Waals surface area contributed by atoms with Crippen molar-refractivity contribution in [3.05, 3.63) is 52.0 Å². The minimum absolute atomic E-state index is 0.0741. The quantitative estimate of drug-likeness (QED) is 0.164. The molecule has 2 amide bonds. The zero-order chi connectivity index (χ0) is 34.0. The van der Waals surface area contributed by atoms with Gasteiger partial charge in [-0.15, -0.1) is 0 Å². The predicted octanol–water partition coefficient (Wildman–Crippen LogP) is 9.80. The van der Waals surface area contributed by atoms with Crippen molar-refractivity contribution < 1.29 is 19.1 Å². The van der Waals surface area contributed by atoms with Crippen LogP contribution >= 0.6 is 23.2 Å². The Hall–Kier alpha value is -2.48. The maximum atomic E-state index is 13.3. The lowest BCUT2D eigenvalue weighted by molar-refractivity contribution is -0.118. The molecule has 2 aromatic carbocycles. The van der Waals surface area contributed by atoms with E-state index in [1.54, 1.807) is 0 Å². The number of carbonyl (C=O) groups excluding carboxylic acids is 2. The van der Waals surface area contributed by atoms with E-state index >= 15 is 0 Å². The number of anilines is 2. The van der Waals surface area contributed by atoms with Gasteiger partial charge in [-0.2, -0.15) is 0 Å². The number of fused-ring (bicyclic) bond motifs is 1. The lowest BCUT2D eigenvalue weighted by Crippen LogP contribution is -2.46. The molecule has 7 nitrogen and oxygen atoms in total. The van der Waals surface area contributed by atoms with Crippen LogP contribution in [0.4, 0.5) is 16.2 Å². The maximum Gasteiger partial charge on any atom is 0.421 e. The molecule has 2 atom stereocenters. The van der Waals surface area contributed by atoms with Crippen LogP contribution in [0.25, 0.3) is 0 Å². The molecule has 0 radical (unpaired) electrons. The van der Waals surface area contributed by atoms with Gasteiger partial charge in [0.15, 0.2) is 0 Å². The standard InChI is InChI=1S/C38H55Cl2N3O4/c1-6-18-37(4,7-2)28-38(5,8-3)19-26-47-36(45)43-33-27-30(16-14-29(33)15-17-34(43)44)46-25-10-9-20-41-21-23-42(24-22-41)32-13-11-12-31(39)35(32)40/h11-14,16,27H,6-10,15,17-26,28H2,1-5H3. The molecule has 0 saturated carbocycles. The van der Waals surface area contributed by atoms with Gasteiger partial charge in [-0.1, -0.05) is 89.2 Å². The van der Waals surface area contributed by atoms with Gasteiger partial charge in [-0.05, 0) is 79.7 Å². The summed E-state index contributed by atoms with van der Waals surface area (Å²) < 4.78 is 11.9. The second kappa shape index (κ2) is 17.3. The smallest absolute Gasteiger partial charge is 0.421 e. The first-order chi connectivity index (χ1) is 22.5. The van der Waals surface area contributed by atoms with Crippen molar-refractivity contribution in [2.45, 2.75) is 98.8 Å². The monoisotopic (exact) mass is 687 g/mol. The average Bonchev–Trinajstić information content (AvgIpc) is 3.06. The fourth-order valence-corrected chi connectivity index (χ4v) is 7.60. The normalized spacial score (nSPS) is 18.0. The Morgan fingerprint density at radius 3 is 2.30 bits per heavy atom. The number of carbonyl (C=O) groups is 2. The second-order valence-electron chi connectivity index (χ2n) is 14.1. The van der Waals surface area contributed by atoms with E-state index in [-0.39, 0.29) is 16.7 Å². The van der Waals surface area contributed by atoms with E-state index < -0.39 is 6.09 Å². The van der Waals surface area contributed by atoms with Gasteiger partial charge in [0.25, 0.3) is 0 Å². The fourth-order valence-electron chi connectivity index (χ4n) is 7.18. The van der Waals surface area contributed by atoms with E-state index in [1.165, 1.54) is 17.7 Å². The highest BCUT2D eigenvalue weighted by Crippen LogP contribution is 2.44. The van der Waals surface area contributed by atoms with Crippen molar-refractivity contribution in [1.82, 2.24) is 4.90 Å². The Bertz CT molecular complexity index is 1350. The number of aryl methyl sites for hydroxylation is 1. The number of ether oxygens (including phenoxy) is 2. The Kier molecular flexibility index (Phi) is 13.7. The Balaban J connectivity index is 1.24. The van der Waals surface area contributed by atoms with E-state index in [1.807, 2.05) is 36.4 Å². The number of amides is 2. The summed E-state index contributed by atoms with van der Waals surface area (Å²) in [5.41, 5.74) is 2.91. The van der Waals surface area contributed by atoms with Crippen molar-refractivity contribution in [1.29, 1.82) is 0 Å². The van der Waals surface area contributed by atoms with E-state index in [0.717, 1.165) is 82.5 Å². The van der Waals surface area contributed by atoms with Gasteiger partial charge < -0.3 is 14.4 Å². The highest BCUT2D eigenvalue weighted by atomic mass is 35.5. The molecule has 2 aliphatic heterocycles. The van der Waals surface area contributed by atoms with Gasteiger partial charge in [0.1, 0.15) is 5.75 Å². The molecule has 2 unspecified atom stereocenters. The van der Waals surface area contributed by atoms with Crippen LogP contribution in [0.3, 0.4) is 0 Å². The predicted molar refractivity (Wildman–Crippen MR) is 194 cm³/mol. The number of unbranched alkanes of at least 4 members (excludes halogenated alkanes) is 1. The van der Waals surface area contributed by atoms with Crippen molar-refractivity contribution >= 4 is 46.6 Å². The van der Waals surface area contributed by atoms with E-state index in [4.69, 9.17) is 32.7 Å². The number of imide groups is 1. The molecule has 4 rings (SSSR count). The molecule has 0 spiro atoms. The van der Waals surface area contributed by atoms with Crippen molar-refractivity contribution in [2.75, 3.05) is 55.7 Å². The second-order valence-corrected chi connectivity index (χ2v) is 14.9. The van der Waals surface area contributed by atoms with Crippen LogP contribution in [0.2, 0.25) is 10.0 Å². The van der Waals surface area contributed by atoms with Crippen molar-refractivity contribution in [2.24, 2.45) is 10.8 Å². The molecule has 260 valence electrons. The third-order valence-electron chi connectivity index (χ3n) is 10.5. The molecule has 9 heteroatoms. The van der Waals surface area contributed by atoms with E-state index in [2.05, 4.69) is 44.4 Å². The summed E-state index contributed by atoms with van der Waals surface area (Å²) in [5, 5.41) is 1.21. The summed E-state index contributed by atoms with van der Waals surface area (Å²) in [7, 11) is 0. The highest BCUT2D eigenvalue weighted by molar-refractivity contribution is 6.43. The van der Waals surface area contributed by atoms with E-state index in [0.29, 0.717) is 47.5 Å². The molecular weight excluding hydrogens is 633 g/mol. The van der Waals surface area contributed by atoms with Gasteiger partial charge in [0, 0.05) is 38.7 Å². The first-order valence-corrected chi connectivity index (χ1v) is 18.4. The van der Waals surface area contributed by atoms with Crippen LogP contribution in [-0.4, -0.2) is 62.8 Å². The zero-order valence-corrected chi connectivity index (χ0v) is 30.7. The molecule has 0 aliphatic carbocycles. The summed E-state index contributed by atoms with van der Waals surface area (Å²) in [4.78, 5) is 32.3. The summed E-state index contributed by atoms with van der Waals surface area (Å²) >= 11 is 12.6. The minimum Gasteiger partial charge on any atom is -0.494 e. The molecule has 0 N–H and O–H groups in total. The number of benzene rings is 2. The van der Waals surface area contributed by atoms with Crippen molar-refractivity contribution in [3.63, 3.8) is 0 Å². The topological polar surface area (TPSA) is 62.3 Å². The molecule has 2 aromatic rings. The van der Waals surface area contributed by atoms with Crippen LogP contribution in [0.5, 0.6) is 5.75 Å². The Morgan fingerprint density at radius 2 is 1.60 bits per heavy atom. The van der Waals surface area contributed by atoms with Gasteiger partial charge in [0.05, 0.1) is 34.6 Å². The van der Waals surface area contributed by atoms with Crippen LogP contribution in [0, 0.1) is 10.8 Å². The largest absolute Gasteiger partial charge is 0.494 e. The molecular formula is C38H55Cl2N3O4. The first-order valence-electron chi connectivity index (χ1n) is 17.7. The highest BCUT2D eigenvalue weighted by Gasteiger charge is 2.35. The third kappa shape index (κ3) is 10.0. The van der Waals surface area contributed by atoms with Crippen LogP contribution in [0.1, 0.15) is 98.0 Å². The number of piperazine rings is 1. The van der Waals surface area contributed by atoms with Crippen LogP contribution in [0.15, 0.2) is 36.4 Å². The molecule has 1 saturated heterocycles. The number of hydrogen-bond donors (Lipinski definition) is 0. The average molecular weight is 689 g/mol. The Morgan fingerprint density at radius 1 is 0.872 bits per heavy atom. The third-order valence-corrected chi connectivity index (χ3v) is 11.3. The zero-order valence-electron chi connectivity index (χ0n) is 29.2. The van der Waals surface area contributed by atoms with E-state index in [9.17, 15) is 9.59 Å². The van der Waals surface area contributed by atoms with Gasteiger partial charge in [-0.3, -0.25) is 9.69 Å². The number of hydrogen-bond acceptors (Lipinski definition) is 6. The summed E-state index contributed by atoms with van der Waals surface area (Å²) in [5.74, 6) is 0.439. The summed E-state index contributed by atoms with van der Waals surface area (Å²) in [6, 6.07) is 11.5. The molecule has 2 heterocycles. The molecule has 47 heavy (non-hydrogen) atoms. The SMILES string of the molecule is CCCC(C)(CC)CC(C)(CC)CCOC(=O)N1C(=O)CCc2ccc(OCCCCN3CCN(c4cccc(Cl)c4Cl)CC3)cc21. The number of halogens is 2. The molecule has 1 fully saturated rings. The lowest BCUT2D eigenvalue weighted by Gasteiger charge is -2.39. The number of nitrogens with zero attached hydrogens (tertiary/aromatic N) is 3. The fraction of sp³-hybridized carbons (Fsp3) is 0.632. The molecule has 0 aromatic heterocycles. The number of rotatable bonds is 16. The summed E-state index contributed by atoms with van der Waals surface area (Å²) in [6.07, 6.45) is 8.64. The lowest BCUT2D eigenvalue weighted by atomic mass is 9.67. The Labute approximate surface area is 292 Å². The van der Waals surface area contributed by atoms with Gasteiger partial charge in [-0.25, -0.2) is 9.69 Å².